The van der Waals surface area contributed by atoms with Crippen LogP contribution in [0.4, 0.5) is 0 Å². The molecule has 0 aliphatic rings. The molecule has 0 saturated heterocycles. The lowest BCUT2D eigenvalue weighted by Crippen LogP contribution is -1.94. The molecule has 1 aromatic rings. The van der Waals surface area contributed by atoms with Crippen molar-refractivity contribution >= 4 is 12.0 Å². The quantitative estimate of drug-likeness (QED) is 0.531. The Bertz CT molecular complexity index is 648. The summed E-state index contributed by atoms with van der Waals surface area (Å²) in [5.41, 5.74) is 4.16. The van der Waals surface area contributed by atoms with Crippen LogP contribution >= 0.6 is 0 Å². The summed E-state index contributed by atoms with van der Waals surface area (Å²) >= 11 is 0. The van der Waals surface area contributed by atoms with Gasteiger partial charge >= 0.3 is 5.97 Å². The number of rotatable bonds is 7. The zero-order chi connectivity index (χ0) is 17.4. The van der Waals surface area contributed by atoms with Gasteiger partial charge in [-0.1, -0.05) is 23.3 Å². The summed E-state index contributed by atoms with van der Waals surface area (Å²) in [6.07, 6.45) is 7.52. The Morgan fingerprint density at radius 3 is 2.13 bits per heavy atom. The first-order valence-electron chi connectivity index (χ1n) is 7.49. The van der Waals surface area contributed by atoms with Gasteiger partial charge in [0.25, 0.3) is 0 Å². The SMILES string of the molecule is CC(C)=CCc1cc(/C=C\C(=O)O)cc(CC=C(C)CO)c1O. The number of aliphatic hydroxyl groups excluding tert-OH is 1. The van der Waals surface area contributed by atoms with Crippen LogP contribution in [0.15, 0.2) is 41.5 Å². The Kier molecular flexibility index (Phi) is 7.29. The maximum atomic E-state index is 10.7. The molecule has 0 fully saturated rings. The van der Waals surface area contributed by atoms with Gasteiger partial charge in [0.15, 0.2) is 0 Å². The van der Waals surface area contributed by atoms with Gasteiger partial charge in [-0.2, -0.15) is 0 Å². The molecule has 0 amide bonds. The number of hydrogen-bond donors (Lipinski definition) is 3. The van der Waals surface area contributed by atoms with Crippen LogP contribution in [0.2, 0.25) is 0 Å². The zero-order valence-corrected chi connectivity index (χ0v) is 13.8. The molecule has 0 aliphatic carbocycles. The van der Waals surface area contributed by atoms with Gasteiger partial charge in [0.05, 0.1) is 6.61 Å². The second kappa shape index (κ2) is 8.96. The number of phenolic OH excluding ortho intramolecular Hbond substituents is 1. The van der Waals surface area contributed by atoms with Crippen LogP contribution < -0.4 is 0 Å². The van der Waals surface area contributed by atoms with E-state index in [0.717, 1.165) is 28.3 Å². The van der Waals surface area contributed by atoms with Crippen LogP contribution in [0.5, 0.6) is 5.75 Å². The molecule has 0 spiro atoms. The Morgan fingerprint density at radius 2 is 1.65 bits per heavy atom. The van der Waals surface area contributed by atoms with Crippen molar-refractivity contribution in [1.82, 2.24) is 0 Å². The van der Waals surface area contributed by atoms with E-state index < -0.39 is 5.97 Å². The van der Waals surface area contributed by atoms with Crippen molar-refractivity contribution < 1.29 is 20.1 Å². The maximum Gasteiger partial charge on any atom is 0.328 e. The molecular formula is C19H24O4. The molecule has 0 heterocycles. The average molecular weight is 316 g/mol. The van der Waals surface area contributed by atoms with E-state index >= 15 is 0 Å². The minimum absolute atomic E-state index is 0.0238. The fourth-order valence-electron chi connectivity index (χ4n) is 2.02. The van der Waals surface area contributed by atoms with Gasteiger partial charge in [0.1, 0.15) is 5.75 Å². The molecular weight excluding hydrogens is 292 g/mol. The van der Waals surface area contributed by atoms with Crippen LogP contribution in [-0.4, -0.2) is 27.9 Å². The number of carboxylic acid groups (broad SMARTS) is 1. The summed E-state index contributed by atoms with van der Waals surface area (Å²) in [7, 11) is 0. The first-order chi connectivity index (χ1) is 10.8. The van der Waals surface area contributed by atoms with Crippen molar-refractivity contribution in [2.45, 2.75) is 33.6 Å². The monoisotopic (exact) mass is 316 g/mol. The third-order valence-corrected chi connectivity index (χ3v) is 3.36. The zero-order valence-electron chi connectivity index (χ0n) is 13.8. The molecule has 4 nitrogen and oxygen atoms in total. The summed E-state index contributed by atoms with van der Waals surface area (Å²) in [5.74, 6) is -0.793. The summed E-state index contributed by atoms with van der Waals surface area (Å²) in [6.45, 7) is 5.76. The second-order valence-corrected chi connectivity index (χ2v) is 5.76. The number of carboxylic acids is 1. The molecule has 0 aliphatic heterocycles. The minimum Gasteiger partial charge on any atom is -0.507 e. The van der Waals surface area contributed by atoms with Gasteiger partial charge in [-0.05, 0) is 68.5 Å². The van der Waals surface area contributed by atoms with Crippen molar-refractivity contribution in [2.75, 3.05) is 6.61 Å². The predicted octanol–water partition coefficient (Wildman–Crippen LogP) is 3.48. The summed E-state index contributed by atoms with van der Waals surface area (Å²) in [4.78, 5) is 10.7. The number of aliphatic hydroxyl groups is 1. The molecule has 4 heteroatoms. The fourth-order valence-corrected chi connectivity index (χ4v) is 2.02. The van der Waals surface area contributed by atoms with E-state index in [1.54, 1.807) is 12.1 Å². The van der Waals surface area contributed by atoms with Crippen LogP contribution in [0.25, 0.3) is 6.08 Å². The van der Waals surface area contributed by atoms with E-state index in [2.05, 4.69) is 0 Å². The number of allylic oxidation sites excluding steroid dienone is 3. The Morgan fingerprint density at radius 1 is 1.09 bits per heavy atom. The number of carbonyl (C=O) groups is 1. The van der Waals surface area contributed by atoms with Crippen LogP contribution in [-0.2, 0) is 17.6 Å². The van der Waals surface area contributed by atoms with Gasteiger partial charge in [-0.25, -0.2) is 4.79 Å². The summed E-state index contributed by atoms with van der Waals surface area (Å²) < 4.78 is 0. The van der Waals surface area contributed by atoms with Gasteiger partial charge in [-0.15, -0.1) is 0 Å². The molecule has 0 aromatic heterocycles. The number of phenols is 1. The van der Waals surface area contributed by atoms with E-state index in [9.17, 15) is 9.90 Å². The number of benzene rings is 1. The molecule has 0 unspecified atom stereocenters. The van der Waals surface area contributed by atoms with Gasteiger partial charge in [0.2, 0.25) is 0 Å². The highest BCUT2D eigenvalue weighted by atomic mass is 16.4. The Hall–Kier alpha value is -2.33. The molecule has 0 bridgehead atoms. The molecule has 124 valence electrons. The molecule has 23 heavy (non-hydrogen) atoms. The standard InChI is InChI=1S/C19H24O4/c1-13(2)4-7-16-10-15(6-9-18(21)22)11-17(19(16)23)8-5-14(3)12-20/h4-6,9-11,20,23H,7-8,12H2,1-3H3,(H,21,22)/b9-6-,14-5?. The van der Waals surface area contributed by atoms with Crippen molar-refractivity contribution in [1.29, 1.82) is 0 Å². The third-order valence-electron chi connectivity index (χ3n) is 3.36. The normalized spacial score (nSPS) is 11.7. The third kappa shape index (κ3) is 6.53. The lowest BCUT2D eigenvalue weighted by Gasteiger charge is -2.10. The average Bonchev–Trinajstić information content (AvgIpc) is 2.50. The number of aromatic hydroxyl groups is 1. The summed E-state index contributed by atoms with van der Waals surface area (Å²) in [5, 5.41) is 28.3. The van der Waals surface area contributed by atoms with Crippen LogP contribution in [0, 0.1) is 0 Å². The van der Waals surface area contributed by atoms with Gasteiger partial charge in [0, 0.05) is 6.08 Å². The number of hydrogen-bond acceptors (Lipinski definition) is 3. The second-order valence-electron chi connectivity index (χ2n) is 5.76. The van der Waals surface area contributed by atoms with Crippen molar-refractivity contribution in [3.8, 4) is 5.75 Å². The molecule has 0 radical (unpaired) electrons. The minimum atomic E-state index is -1.01. The highest BCUT2D eigenvalue weighted by Crippen LogP contribution is 2.27. The van der Waals surface area contributed by atoms with E-state index in [1.807, 2.05) is 32.9 Å². The smallest absolute Gasteiger partial charge is 0.328 e. The van der Waals surface area contributed by atoms with E-state index in [0.29, 0.717) is 18.4 Å². The largest absolute Gasteiger partial charge is 0.507 e. The van der Waals surface area contributed by atoms with E-state index in [1.165, 1.54) is 6.08 Å². The number of aliphatic carboxylic acids is 1. The highest BCUT2D eigenvalue weighted by molar-refractivity contribution is 5.85. The molecule has 1 rings (SSSR count). The maximum absolute atomic E-state index is 10.7. The molecule has 0 saturated carbocycles. The van der Waals surface area contributed by atoms with E-state index in [-0.39, 0.29) is 12.4 Å². The van der Waals surface area contributed by atoms with E-state index in [4.69, 9.17) is 10.2 Å². The Balaban J connectivity index is 3.25. The summed E-state index contributed by atoms with van der Waals surface area (Å²) in [6, 6.07) is 3.56. The Labute approximate surface area is 137 Å². The van der Waals surface area contributed by atoms with Gasteiger partial charge < -0.3 is 15.3 Å². The lowest BCUT2D eigenvalue weighted by molar-refractivity contribution is -0.131. The first kappa shape index (κ1) is 18.7. The van der Waals surface area contributed by atoms with Crippen LogP contribution in [0.3, 0.4) is 0 Å². The van der Waals surface area contributed by atoms with Crippen molar-refractivity contribution in [3.63, 3.8) is 0 Å². The highest BCUT2D eigenvalue weighted by Gasteiger charge is 2.08. The molecule has 0 atom stereocenters. The van der Waals surface area contributed by atoms with Crippen molar-refractivity contribution in [2.24, 2.45) is 0 Å². The van der Waals surface area contributed by atoms with Gasteiger partial charge in [-0.3, -0.25) is 0 Å². The first-order valence-corrected chi connectivity index (χ1v) is 7.49. The lowest BCUT2D eigenvalue weighted by atomic mass is 9.98. The predicted molar refractivity (Wildman–Crippen MR) is 92.5 cm³/mol. The topological polar surface area (TPSA) is 77.8 Å². The molecule has 3 N–H and O–H groups in total. The molecule has 1 aromatic carbocycles. The fraction of sp³-hybridized carbons (Fsp3) is 0.316. The van der Waals surface area contributed by atoms with Crippen LogP contribution in [0.1, 0.15) is 37.5 Å². The van der Waals surface area contributed by atoms with Crippen molar-refractivity contribution in [3.05, 3.63) is 58.2 Å².